The van der Waals surface area contributed by atoms with Gasteiger partial charge in [0.05, 0.1) is 16.9 Å². The molecule has 1 aliphatic rings. The van der Waals surface area contributed by atoms with Gasteiger partial charge in [0.1, 0.15) is 13.2 Å². The highest BCUT2D eigenvalue weighted by Crippen LogP contribution is 2.34. The molecule has 3 rings (SSSR count). The van der Waals surface area contributed by atoms with E-state index in [1.807, 2.05) is 19.1 Å². The molecular weight excluding hydrogens is 268 g/mol. The molecule has 0 spiro atoms. The lowest BCUT2D eigenvalue weighted by Crippen LogP contribution is -2.20. The van der Waals surface area contributed by atoms with Crippen LogP contribution in [-0.2, 0) is 0 Å². The molecule has 0 aliphatic carbocycles. The van der Waals surface area contributed by atoms with Crippen LogP contribution in [0.25, 0.3) is 0 Å². The van der Waals surface area contributed by atoms with Crippen molar-refractivity contribution in [2.24, 2.45) is 0 Å². The highest BCUT2D eigenvalue weighted by atomic mass is 16.6. The number of amides is 1. The number of carbonyl (C=O) groups is 1. The number of aryl methyl sites for hydroxylation is 1. The number of hydrogen-bond acceptors (Lipinski definition) is 4. The van der Waals surface area contributed by atoms with Crippen LogP contribution >= 0.6 is 0 Å². The Morgan fingerprint density at radius 2 is 2.00 bits per heavy atom. The van der Waals surface area contributed by atoms with E-state index in [4.69, 9.17) is 15.2 Å². The molecule has 0 aromatic heterocycles. The summed E-state index contributed by atoms with van der Waals surface area (Å²) >= 11 is 0. The zero-order valence-corrected chi connectivity index (χ0v) is 11.7. The van der Waals surface area contributed by atoms with Crippen LogP contribution < -0.4 is 20.5 Å². The first kappa shape index (κ1) is 13.3. The number of nitrogen functional groups attached to an aromatic ring is 1. The van der Waals surface area contributed by atoms with E-state index >= 15 is 0 Å². The summed E-state index contributed by atoms with van der Waals surface area (Å²) < 4.78 is 11.0. The van der Waals surface area contributed by atoms with Gasteiger partial charge < -0.3 is 20.5 Å². The van der Waals surface area contributed by atoms with E-state index in [0.717, 1.165) is 5.56 Å². The molecule has 2 aromatic rings. The third-order valence-corrected chi connectivity index (χ3v) is 3.27. The van der Waals surface area contributed by atoms with Crippen LogP contribution in [-0.4, -0.2) is 19.1 Å². The van der Waals surface area contributed by atoms with Gasteiger partial charge in [-0.2, -0.15) is 0 Å². The molecule has 5 nitrogen and oxygen atoms in total. The van der Waals surface area contributed by atoms with E-state index < -0.39 is 0 Å². The average Bonchev–Trinajstić information content (AvgIpc) is 2.49. The first-order chi connectivity index (χ1) is 10.1. The van der Waals surface area contributed by atoms with E-state index in [0.29, 0.717) is 41.7 Å². The van der Waals surface area contributed by atoms with Gasteiger partial charge in [0.15, 0.2) is 11.5 Å². The number of carbonyl (C=O) groups excluding carboxylic acids is 1. The maximum absolute atomic E-state index is 12.4. The van der Waals surface area contributed by atoms with Crippen molar-refractivity contribution in [2.45, 2.75) is 6.92 Å². The van der Waals surface area contributed by atoms with Crippen LogP contribution in [0, 0.1) is 6.92 Å². The maximum Gasteiger partial charge on any atom is 0.259 e. The van der Waals surface area contributed by atoms with Gasteiger partial charge in [-0.25, -0.2) is 0 Å². The average molecular weight is 284 g/mol. The molecule has 0 saturated heterocycles. The summed E-state index contributed by atoms with van der Waals surface area (Å²) in [7, 11) is 0. The Hall–Kier alpha value is -2.69. The number of para-hydroxylation sites is 1. The number of benzene rings is 2. The van der Waals surface area contributed by atoms with Gasteiger partial charge in [-0.05, 0) is 36.8 Å². The molecular formula is C16H16N2O3. The Bertz CT molecular complexity index is 698. The minimum atomic E-state index is -0.270. The molecule has 3 N–H and O–H groups in total. The molecule has 0 fully saturated rings. The second-order valence-corrected chi connectivity index (χ2v) is 4.87. The zero-order valence-electron chi connectivity index (χ0n) is 11.7. The predicted octanol–water partition coefficient (Wildman–Crippen LogP) is 2.60. The quantitative estimate of drug-likeness (QED) is 0.831. The number of hydrogen-bond donors (Lipinski definition) is 2. The van der Waals surface area contributed by atoms with E-state index in [2.05, 4.69) is 5.32 Å². The van der Waals surface area contributed by atoms with Crippen LogP contribution in [0.4, 0.5) is 11.4 Å². The van der Waals surface area contributed by atoms with Crippen molar-refractivity contribution >= 4 is 17.3 Å². The van der Waals surface area contributed by atoms with Gasteiger partial charge in [-0.15, -0.1) is 0 Å². The molecule has 1 heterocycles. The molecule has 1 aliphatic heterocycles. The van der Waals surface area contributed by atoms with E-state index in [-0.39, 0.29) is 5.91 Å². The summed E-state index contributed by atoms with van der Waals surface area (Å²) in [6, 6.07) is 10.7. The summed E-state index contributed by atoms with van der Waals surface area (Å²) in [6.45, 7) is 2.87. The van der Waals surface area contributed by atoms with E-state index in [9.17, 15) is 4.79 Å². The second kappa shape index (κ2) is 5.36. The van der Waals surface area contributed by atoms with Gasteiger partial charge in [0.25, 0.3) is 5.91 Å². The van der Waals surface area contributed by atoms with E-state index in [1.165, 1.54) is 0 Å². The summed E-state index contributed by atoms with van der Waals surface area (Å²) in [5.41, 5.74) is 8.51. The molecule has 108 valence electrons. The van der Waals surface area contributed by atoms with Gasteiger partial charge in [-0.3, -0.25) is 4.79 Å². The Kier molecular flexibility index (Phi) is 3.39. The fourth-order valence-electron chi connectivity index (χ4n) is 2.24. The molecule has 21 heavy (non-hydrogen) atoms. The van der Waals surface area contributed by atoms with Crippen molar-refractivity contribution < 1.29 is 14.3 Å². The van der Waals surface area contributed by atoms with E-state index in [1.54, 1.807) is 24.3 Å². The Labute approximate surface area is 122 Å². The number of nitrogens with two attached hydrogens (primary N) is 1. The lowest BCUT2D eigenvalue weighted by Gasteiger charge is -2.20. The monoisotopic (exact) mass is 284 g/mol. The van der Waals surface area contributed by atoms with Crippen molar-refractivity contribution in [3.8, 4) is 11.5 Å². The lowest BCUT2D eigenvalue weighted by molar-refractivity contribution is 0.101. The number of rotatable bonds is 2. The van der Waals surface area contributed by atoms with Crippen LogP contribution in [0.5, 0.6) is 11.5 Å². The molecule has 0 unspecified atom stereocenters. The van der Waals surface area contributed by atoms with Gasteiger partial charge >= 0.3 is 0 Å². The number of ether oxygens (including phenoxy) is 2. The molecule has 1 amide bonds. The summed E-state index contributed by atoms with van der Waals surface area (Å²) in [5, 5.41) is 2.80. The largest absolute Gasteiger partial charge is 0.486 e. The fraction of sp³-hybridized carbons (Fsp3) is 0.188. The lowest BCUT2D eigenvalue weighted by atomic mass is 10.1. The standard InChI is InChI=1S/C16H16N2O3/c1-10-5-6-13(12(17)9-10)18-16(19)11-3-2-4-14-15(11)21-8-7-20-14/h2-6,9H,7-8,17H2,1H3,(H,18,19). The molecule has 2 aromatic carbocycles. The molecule has 0 radical (unpaired) electrons. The summed E-state index contributed by atoms with van der Waals surface area (Å²) in [5.74, 6) is 0.797. The molecule has 0 saturated carbocycles. The molecule has 5 heteroatoms. The summed E-state index contributed by atoms with van der Waals surface area (Å²) in [6.07, 6.45) is 0. The van der Waals surface area contributed by atoms with Gasteiger partial charge in [-0.1, -0.05) is 12.1 Å². The van der Waals surface area contributed by atoms with Crippen molar-refractivity contribution in [1.82, 2.24) is 0 Å². The second-order valence-electron chi connectivity index (χ2n) is 4.87. The topological polar surface area (TPSA) is 73.6 Å². The Balaban J connectivity index is 1.89. The van der Waals surface area contributed by atoms with Gasteiger partial charge in [0, 0.05) is 0 Å². The van der Waals surface area contributed by atoms with Crippen LogP contribution in [0.1, 0.15) is 15.9 Å². The molecule has 0 bridgehead atoms. The van der Waals surface area contributed by atoms with Crippen LogP contribution in [0.3, 0.4) is 0 Å². The highest BCUT2D eigenvalue weighted by Gasteiger charge is 2.20. The maximum atomic E-state index is 12.4. The third-order valence-electron chi connectivity index (χ3n) is 3.27. The smallest absolute Gasteiger partial charge is 0.259 e. The van der Waals surface area contributed by atoms with Gasteiger partial charge in [0.2, 0.25) is 0 Å². The van der Waals surface area contributed by atoms with Crippen LogP contribution in [0.15, 0.2) is 36.4 Å². The minimum absolute atomic E-state index is 0.270. The molecule has 0 atom stereocenters. The number of anilines is 2. The minimum Gasteiger partial charge on any atom is -0.486 e. The Morgan fingerprint density at radius 3 is 2.81 bits per heavy atom. The first-order valence-corrected chi connectivity index (χ1v) is 6.71. The van der Waals surface area contributed by atoms with Crippen LogP contribution in [0.2, 0.25) is 0 Å². The number of nitrogens with one attached hydrogen (secondary N) is 1. The van der Waals surface area contributed by atoms with Crippen molar-refractivity contribution in [1.29, 1.82) is 0 Å². The number of fused-ring (bicyclic) bond motifs is 1. The Morgan fingerprint density at radius 1 is 1.19 bits per heavy atom. The fourth-order valence-corrected chi connectivity index (χ4v) is 2.24. The highest BCUT2D eigenvalue weighted by molar-refractivity contribution is 6.08. The zero-order chi connectivity index (χ0) is 14.8. The third kappa shape index (κ3) is 2.63. The SMILES string of the molecule is Cc1ccc(NC(=O)c2cccc3c2OCCO3)c(N)c1. The normalized spacial score (nSPS) is 12.8. The van der Waals surface area contributed by atoms with Crippen molar-refractivity contribution in [2.75, 3.05) is 24.3 Å². The van der Waals surface area contributed by atoms with Crippen molar-refractivity contribution in [3.63, 3.8) is 0 Å². The summed E-state index contributed by atoms with van der Waals surface area (Å²) in [4.78, 5) is 12.4. The first-order valence-electron chi connectivity index (χ1n) is 6.71. The van der Waals surface area contributed by atoms with Crippen molar-refractivity contribution in [3.05, 3.63) is 47.5 Å². The predicted molar refractivity (Wildman–Crippen MR) is 81.0 cm³/mol.